The van der Waals surface area contributed by atoms with E-state index in [-0.39, 0.29) is 23.5 Å². The lowest BCUT2D eigenvalue weighted by Crippen LogP contribution is -2.29. The van der Waals surface area contributed by atoms with E-state index in [0.29, 0.717) is 23.3 Å². The van der Waals surface area contributed by atoms with E-state index in [1.807, 2.05) is 0 Å². The normalized spacial score (nSPS) is 12.7. The predicted molar refractivity (Wildman–Crippen MR) is 113 cm³/mol. The Morgan fingerprint density at radius 1 is 0.938 bits per heavy atom. The molecule has 3 amide bonds. The van der Waals surface area contributed by atoms with E-state index >= 15 is 0 Å². The Balaban J connectivity index is 1.61. The van der Waals surface area contributed by atoms with Gasteiger partial charge in [-0.05, 0) is 48.9 Å². The summed E-state index contributed by atoms with van der Waals surface area (Å²) in [6.07, 6.45) is 0. The number of amides is 3. The Kier molecular flexibility index (Phi) is 5.68. The number of imide groups is 1. The van der Waals surface area contributed by atoms with Crippen molar-refractivity contribution < 1.29 is 27.9 Å². The lowest BCUT2D eigenvalue weighted by atomic mass is 10.1. The van der Waals surface area contributed by atoms with Crippen LogP contribution >= 0.6 is 0 Å². The number of rotatable bonds is 6. The van der Waals surface area contributed by atoms with Crippen molar-refractivity contribution in [3.63, 3.8) is 0 Å². The van der Waals surface area contributed by atoms with Gasteiger partial charge < -0.3 is 10.1 Å². The third-order valence-electron chi connectivity index (χ3n) is 4.98. The molecule has 1 aliphatic rings. The van der Waals surface area contributed by atoms with Crippen LogP contribution < -0.4 is 10.1 Å². The molecule has 0 saturated carbocycles. The van der Waals surface area contributed by atoms with Crippen LogP contribution in [0, 0.1) is 11.6 Å². The van der Waals surface area contributed by atoms with Gasteiger partial charge >= 0.3 is 0 Å². The van der Waals surface area contributed by atoms with Gasteiger partial charge in [-0.25, -0.2) is 8.78 Å². The van der Waals surface area contributed by atoms with Gasteiger partial charge in [-0.3, -0.25) is 19.3 Å². The van der Waals surface area contributed by atoms with Gasteiger partial charge in [0.25, 0.3) is 17.7 Å². The second-order valence-corrected chi connectivity index (χ2v) is 7.09. The molecule has 3 aromatic carbocycles. The van der Waals surface area contributed by atoms with Gasteiger partial charge in [0.1, 0.15) is 5.75 Å². The molecule has 0 aliphatic carbocycles. The highest BCUT2D eigenvalue weighted by Gasteiger charge is 2.35. The summed E-state index contributed by atoms with van der Waals surface area (Å²) < 4.78 is 32.2. The molecule has 1 heterocycles. The predicted octanol–water partition coefficient (Wildman–Crippen LogP) is 4.41. The molecule has 0 fully saturated rings. The van der Waals surface area contributed by atoms with Crippen LogP contribution in [-0.2, 0) is 6.54 Å². The molecule has 0 bridgehead atoms. The highest BCUT2D eigenvalue weighted by molar-refractivity contribution is 6.21. The van der Waals surface area contributed by atoms with Crippen molar-refractivity contribution >= 4 is 23.4 Å². The van der Waals surface area contributed by atoms with Crippen LogP contribution in [-0.4, -0.2) is 29.2 Å². The maximum atomic E-state index is 13.5. The van der Waals surface area contributed by atoms with E-state index in [9.17, 15) is 23.2 Å². The van der Waals surface area contributed by atoms with E-state index < -0.39 is 29.4 Å². The van der Waals surface area contributed by atoms with Crippen molar-refractivity contribution in [2.45, 2.75) is 13.5 Å². The van der Waals surface area contributed by atoms with Crippen molar-refractivity contribution in [3.8, 4) is 5.75 Å². The minimum Gasteiger partial charge on any atom is -0.493 e. The molecule has 0 radical (unpaired) electrons. The number of nitrogens with one attached hydrogen (secondary N) is 1. The fourth-order valence-corrected chi connectivity index (χ4v) is 3.47. The Bertz CT molecular complexity index is 1210. The summed E-state index contributed by atoms with van der Waals surface area (Å²) in [5.41, 5.74) is 1.39. The average molecular weight is 436 g/mol. The van der Waals surface area contributed by atoms with Crippen LogP contribution in [0.3, 0.4) is 0 Å². The number of nitrogens with zero attached hydrogens (tertiary/aromatic N) is 1. The monoisotopic (exact) mass is 436 g/mol. The first-order valence-corrected chi connectivity index (χ1v) is 9.86. The van der Waals surface area contributed by atoms with Crippen LogP contribution in [0.2, 0.25) is 0 Å². The summed E-state index contributed by atoms with van der Waals surface area (Å²) in [4.78, 5) is 39.2. The Hall–Kier alpha value is -4.07. The Morgan fingerprint density at radius 3 is 2.25 bits per heavy atom. The van der Waals surface area contributed by atoms with Gasteiger partial charge in [0.05, 0.1) is 29.8 Å². The first kappa shape index (κ1) is 21.2. The molecule has 1 aliphatic heterocycles. The maximum absolute atomic E-state index is 13.5. The molecule has 162 valence electrons. The van der Waals surface area contributed by atoms with E-state index in [0.717, 1.165) is 17.0 Å². The fourth-order valence-electron chi connectivity index (χ4n) is 3.47. The molecule has 6 nitrogen and oxygen atoms in total. The lowest BCUT2D eigenvalue weighted by molar-refractivity contribution is 0.0642. The lowest BCUT2D eigenvalue weighted by Gasteiger charge is -2.16. The molecule has 0 unspecified atom stereocenters. The van der Waals surface area contributed by atoms with E-state index in [2.05, 4.69) is 5.32 Å². The van der Waals surface area contributed by atoms with Gasteiger partial charge in [0.2, 0.25) is 0 Å². The van der Waals surface area contributed by atoms with Crippen molar-refractivity contribution in [1.82, 2.24) is 4.90 Å². The maximum Gasteiger partial charge on any atom is 0.261 e. The number of benzene rings is 3. The van der Waals surface area contributed by atoms with Crippen LogP contribution in [0.1, 0.15) is 43.6 Å². The largest absolute Gasteiger partial charge is 0.493 e. The van der Waals surface area contributed by atoms with Crippen molar-refractivity contribution in [3.05, 3.63) is 94.6 Å². The molecule has 0 atom stereocenters. The number of carbonyl (C=O) groups is 3. The van der Waals surface area contributed by atoms with Gasteiger partial charge in [0, 0.05) is 11.8 Å². The minimum absolute atomic E-state index is 0.0375. The summed E-state index contributed by atoms with van der Waals surface area (Å²) in [6.45, 7) is 2.01. The molecule has 0 aromatic heterocycles. The van der Waals surface area contributed by atoms with Crippen LogP contribution in [0.5, 0.6) is 5.75 Å². The molecule has 8 heteroatoms. The summed E-state index contributed by atoms with van der Waals surface area (Å²) in [7, 11) is 0. The molecule has 4 rings (SSSR count). The average Bonchev–Trinajstić information content (AvgIpc) is 3.02. The zero-order valence-electron chi connectivity index (χ0n) is 17.0. The quantitative estimate of drug-likeness (QED) is 0.581. The number of hydrogen-bond acceptors (Lipinski definition) is 4. The zero-order chi connectivity index (χ0) is 22.8. The highest BCUT2D eigenvalue weighted by Crippen LogP contribution is 2.27. The third kappa shape index (κ3) is 3.94. The first-order chi connectivity index (χ1) is 15.4. The Labute approximate surface area is 182 Å². The molecule has 3 aromatic rings. The number of ether oxygens (including phenoxy) is 1. The number of fused-ring (bicyclic) bond motifs is 1. The summed E-state index contributed by atoms with van der Waals surface area (Å²) in [5, 5.41) is 2.50. The standard InChI is InChI=1S/C24H18F2N2O4/c1-2-32-21-10-7-14(13-28-23(30)16-5-3-4-6-17(16)24(28)31)11-18(21)22(29)27-15-8-9-19(25)20(26)12-15/h3-12H,2,13H2,1H3,(H,27,29). The number of hydrogen-bond donors (Lipinski definition) is 1. The molecular formula is C24H18F2N2O4. The first-order valence-electron chi connectivity index (χ1n) is 9.86. The Morgan fingerprint density at radius 2 is 1.62 bits per heavy atom. The number of anilines is 1. The van der Waals surface area contributed by atoms with Gasteiger partial charge in [-0.2, -0.15) is 0 Å². The minimum atomic E-state index is -1.09. The molecule has 32 heavy (non-hydrogen) atoms. The van der Waals surface area contributed by atoms with E-state index in [1.165, 1.54) is 12.1 Å². The molecular weight excluding hydrogens is 418 g/mol. The van der Waals surface area contributed by atoms with Crippen molar-refractivity contribution in [2.24, 2.45) is 0 Å². The second kappa shape index (κ2) is 8.58. The molecule has 0 saturated heterocycles. The van der Waals surface area contributed by atoms with Crippen LogP contribution in [0.4, 0.5) is 14.5 Å². The van der Waals surface area contributed by atoms with Crippen molar-refractivity contribution in [2.75, 3.05) is 11.9 Å². The van der Waals surface area contributed by atoms with Crippen LogP contribution in [0.15, 0.2) is 60.7 Å². The van der Waals surface area contributed by atoms with Crippen LogP contribution in [0.25, 0.3) is 0 Å². The topological polar surface area (TPSA) is 75.7 Å². The number of halogens is 2. The van der Waals surface area contributed by atoms with Gasteiger partial charge in [-0.1, -0.05) is 18.2 Å². The van der Waals surface area contributed by atoms with Gasteiger partial charge in [-0.15, -0.1) is 0 Å². The smallest absolute Gasteiger partial charge is 0.261 e. The summed E-state index contributed by atoms with van der Waals surface area (Å²) >= 11 is 0. The number of carbonyl (C=O) groups excluding carboxylic acids is 3. The second-order valence-electron chi connectivity index (χ2n) is 7.09. The summed E-state index contributed by atoms with van der Waals surface area (Å²) in [6, 6.07) is 14.3. The molecule has 0 spiro atoms. The highest BCUT2D eigenvalue weighted by atomic mass is 19.2. The SMILES string of the molecule is CCOc1ccc(CN2C(=O)c3ccccc3C2=O)cc1C(=O)Nc1ccc(F)c(F)c1. The molecule has 1 N–H and O–H groups in total. The summed E-state index contributed by atoms with van der Waals surface area (Å²) in [5.74, 6) is -3.27. The zero-order valence-corrected chi connectivity index (χ0v) is 17.0. The van der Waals surface area contributed by atoms with Gasteiger partial charge in [0.15, 0.2) is 11.6 Å². The van der Waals surface area contributed by atoms with E-state index in [4.69, 9.17) is 4.74 Å². The van der Waals surface area contributed by atoms with Crippen molar-refractivity contribution in [1.29, 1.82) is 0 Å². The third-order valence-corrected chi connectivity index (χ3v) is 4.98. The fraction of sp³-hybridized carbons (Fsp3) is 0.125. The van der Waals surface area contributed by atoms with E-state index in [1.54, 1.807) is 43.3 Å².